The van der Waals surface area contributed by atoms with Gasteiger partial charge in [-0.2, -0.15) is 0 Å². The summed E-state index contributed by atoms with van der Waals surface area (Å²) in [6, 6.07) is 0. The van der Waals surface area contributed by atoms with E-state index in [1.165, 1.54) is 38.5 Å². The lowest BCUT2D eigenvalue weighted by Crippen LogP contribution is -2.52. The van der Waals surface area contributed by atoms with E-state index in [9.17, 15) is 4.79 Å². The smallest absolute Gasteiger partial charge is 0.133 e. The number of allylic oxidation sites excluding steroid dienone is 1. The number of hydrogen-bond donors (Lipinski definition) is 0. The molecule has 1 nitrogen and oxygen atoms in total. The van der Waals surface area contributed by atoms with Crippen LogP contribution in [0.15, 0.2) is 12.2 Å². The summed E-state index contributed by atoms with van der Waals surface area (Å²) in [6.07, 6.45) is 11.0. The SMILES string of the molecule is C=C1CC[C@@]2(C)CC[C@H]3[C@@H](CC[C@H]4CC(=O)CC[C@@]43C)[C@H]12. The van der Waals surface area contributed by atoms with Gasteiger partial charge in [-0.1, -0.05) is 26.0 Å². The van der Waals surface area contributed by atoms with Crippen LogP contribution < -0.4 is 0 Å². The average Bonchev–Trinajstić information content (AvgIpc) is 2.76. The van der Waals surface area contributed by atoms with Crippen LogP contribution in [-0.4, -0.2) is 5.78 Å². The van der Waals surface area contributed by atoms with Crippen LogP contribution in [0.25, 0.3) is 0 Å². The molecule has 4 aliphatic carbocycles. The molecule has 6 atom stereocenters. The molecule has 21 heavy (non-hydrogen) atoms. The Labute approximate surface area is 129 Å². The van der Waals surface area contributed by atoms with Crippen LogP contribution in [0.4, 0.5) is 0 Å². The molecule has 4 aliphatic rings. The highest BCUT2D eigenvalue weighted by molar-refractivity contribution is 5.79. The summed E-state index contributed by atoms with van der Waals surface area (Å²) in [7, 11) is 0. The third-order valence-corrected chi connectivity index (χ3v) is 8.22. The highest BCUT2D eigenvalue weighted by Crippen LogP contribution is 2.66. The van der Waals surface area contributed by atoms with Crippen LogP contribution in [0.1, 0.15) is 71.6 Å². The van der Waals surface area contributed by atoms with E-state index >= 15 is 0 Å². The molecule has 0 spiro atoms. The summed E-state index contributed by atoms with van der Waals surface area (Å²) in [5, 5.41) is 0. The number of carbonyl (C=O) groups is 1. The minimum Gasteiger partial charge on any atom is -0.300 e. The molecule has 4 rings (SSSR count). The van der Waals surface area contributed by atoms with Gasteiger partial charge in [-0.05, 0) is 79.4 Å². The van der Waals surface area contributed by atoms with E-state index in [4.69, 9.17) is 0 Å². The van der Waals surface area contributed by atoms with Gasteiger partial charge in [0.15, 0.2) is 0 Å². The Morgan fingerprint density at radius 1 is 1.05 bits per heavy atom. The summed E-state index contributed by atoms with van der Waals surface area (Å²) in [6.45, 7) is 9.52. The maximum absolute atomic E-state index is 11.9. The maximum Gasteiger partial charge on any atom is 0.133 e. The van der Waals surface area contributed by atoms with Crippen molar-refractivity contribution >= 4 is 5.78 Å². The zero-order valence-electron chi connectivity index (χ0n) is 13.8. The van der Waals surface area contributed by atoms with E-state index < -0.39 is 0 Å². The zero-order chi connectivity index (χ0) is 14.8. The molecule has 0 aliphatic heterocycles. The molecule has 0 radical (unpaired) electrons. The van der Waals surface area contributed by atoms with Crippen molar-refractivity contribution in [2.45, 2.75) is 71.6 Å². The van der Waals surface area contributed by atoms with Crippen molar-refractivity contribution in [2.75, 3.05) is 0 Å². The summed E-state index contributed by atoms with van der Waals surface area (Å²) in [5.41, 5.74) is 2.55. The van der Waals surface area contributed by atoms with Crippen molar-refractivity contribution in [2.24, 2.45) is 34.5 Å². The Hall–Kier alpha value is -0.590. The first-order chi connectivity index (χ1) is 9.94. The predicted molar refractivity (Wildman–Crippen MR) is 85.9 cm³/mol. The molecule has 1 heteroatoms. The van der Waals surface area contributed by atoms with Crippen LogP contribution in [0.5, 0.6) is 0 Å². The minimum atomic E-state index is 0.445. The first-order valence-electron chi connectivity index (χ1n) is 9.13. The molecule has 0 bridgehead atoms. The van der Waals surface area contributed by atoms with Gasteiger partial charge in [0.25, 0.3) is 0 Å². The monoisotopic (exact) mass is 286 g/mol. The Morgan fingerprint density at radius 2 is 1.86 bits per heavy atom. The van der Waals surface area contributed by atoms with Crippen molar-refractivity contribution in [3.8, 4) is 0 Å². The largest absolute Gasteiger partial charge is 0.300 e. The van der Waals surface area contributed by atoms with E-state index in [0.717, 1.165) is 37.0 Å². The Bertz CT molecular complexity index is 492. The number of ketones is 1. The fourth-order valence-corrected chi connectivity index (χ4v) is 7.00. The van der Waals surface area contributed by atoms with Gasteiger partial charge in [-0.3, -0.25) is 4.79 Å². The minimum absolute atomic E-state index is 0.445. The molecule has 0 heterocycles. The highest BCUT2D eigenvalue weighted by atomic mass is 16.1. The van der Waals surface area contributed by atoms with Gasteiger partial charge in [0.2, 0.25) is 0 Å². The van der Waals surface area contributed by atoms with Crippen LogP contribution in [-0.2, 0) is 4.79 Å². The molecule has 116 valence electrons. The second-order valence-corrected chi connectivity index (χ2v) is 9.12. The summed E-state index contributed by atoms with van der Waals surface area (Å²) < 4.78 is 0. The third-order valence-electron chi connectivity index (χ3n) is 8.22. The third kappa shape index (κ3) is 1.85. The molecule has 0 amide bonds. The molecule has 4 fully saturated rings. The Morgan fingerprint density at radius 3 is 2.67 bits per heavy atom. The second kappa shape index (κ2) is 4.46. The number of Topliss-reactive ketones (excluding diaryl/α,β-unsaturated/α-hetero) is 1. The van der Waals surface area contributed by atoms with Gasteiger partial charge in [-0.15, -0.1) is 0 Å². The first kappa shape index (κ1) is 14.0. The average molecular weight is 286 g/mol. The fourth-order valence-electron chi connectivity index (χ4n) is 7.00. The lowest BCUT2D eigenvalue weighted by molar-refractivity contribution is -0.136. The van der Waals surface area contributed by atoms with Crippen molar-refractivity contribution in [3.63, 3.8) is 0 Å². The maximum atomic E-state index is 11.9. The van der Waals surface area contributed by atoms with E-state index in [-0.39, 0.29) is 0 Å². The van der Waals surface area contributed by atoms with Crippen LogP contribution in [0.2, 0.25) is 0 Å². The molecule has 0 saturated heterocycles. The van der Waals surface area contributed by atoms with Gasteiger partial charge in [0.1, 0.15) is 5.78 Å². The molecule has 0 aromatic carbocycles. The predicted octanol–water partition coefficient (Wildman–Crippen LogP) is 5.15. The fraction of sp³-hybridized carbons (Fsp3) is 0.850. The van der Waals surface area contributed by atoms with Gasteiger partial charge in [0, 0.05) is 12.8 Å². The number of hydrogen-bond acceptors (Lipinski definition) is 1. The molecule has 0 unspecified atom stereocenters. The molecule has 4 saturated carbocycles. The molecular formula is C20H30O. The normalized spacial score (nSPS) is 53.0. The molecule has 0 aromatic heterocycles. The van der Waals surface area contributed by atoms with E-state index in [0.29, 0.717) is 22.5 Å². The van der Waals surface area contributed by atoms with Gasteiger partial charge in [0.05, 0.1) is 0 Å². The van der Waals surface area contributed by atoms with Crippen LogP contribution in [0.3, 0.4) is 0 Å². The van der Waals surface area contributed by atoms with Crippen molar-refractivity contribution in [1.82, 2.24) is 0 Å². The van der Waals surface area contributed by atoms with Crippen molar-refractivity contribution in [3.05, 3.63) is 12.2 Å². The van der Waals surface area contributed by atoms with Gasteiger partial charge >= 0.3 is 0 Å². The molecule has 0 aromatic rings. The van der Waals surface area contributed by atoms with Crippen LogP contribution in [0, 0.1) is 34.5 Å². The number of fused-ring (bicyclic) bond motifs is 5. The van der Waals surface area contributed by atoms with Gasteiger partial charge in [-0.25, -0.2) is 0 Å². The zero-order valence-corrected chi connectivity index (χ0v) is 13.8. The summed E-state index contributed by atoms with van der Waals surface area (Å²) >= 11 is 0. The Balaban J connectivity index is 1.67. The number of rotatable bonds is 0. The topological polar surface area (TPSA) is 17.1 Å². The lowest BCUT2D eigenvalue weighted by Gasteiger charge is -2.59. The van der Waals surface area contributed by atoms with E-state index in [2.05, 4.69) is 20.4 Å². The Kier molecular flexibility index (Phi) is 2.98. The standard InChI is InChI=1S/C20H30O/c1-13-6-9-19(2)10-8-17-16(18(13)19)5-4-14-12-15(21)7-11-20(14,17)3/h14,16-18H,1,4-12H2,2-3H3/t14-,16+,17-,18-,19-,20-/m0/s1. The van der Waals surface area contributed by atoms with Crippen molar-refractivity contribution in [1.29, 1.82) is 0 Å². The summed E-state index contributed by atoms with van der Waals surface area (Å²) in [5.74, 6) is 3.72. The van der Waals surface area contributed by atoms with E-state index in [1.807, 2.05) is 0 Å². The van der Waals surface area contributed by atoms with Gasteiger partial charge < -0.3 is 0 Å². The second-order valence-electron chi connectivity index (χ2n) is 9.12. The van der Waals surface area contributed by atoms with Crippen molar-refractivity contribution < 1.29 is 4.79 Å². The quantitative estimate of drug-likeness (QED) is 0.562. The van der Waals surface area contributed by atoms with E-state index in [1.54, 1.807) is 5.57 Å². The lowest BCUT2D eigenvalue weighted by atomic mass is 9.45. The summed E-state index contributed by atoms with van der Waals surface area (Å²) in [4.78, 5) is 11.9. The highest BCUT2D eigenvalue weighted by Gasteiger charge is 2.58. The van der Waals surface area contributed by atoms with Crippen LogP contribution >= 0.6 is 0 Å². The number of carbonyl (C=O) groups excluding carboxylic acids is 1. The molecular weight excluding hydrogens is 256 g/mol. The first-order valence-corrected chi connectivity index (χ1v) is 9.13. The molecule has 0 N–H and O–H groups in total.